The highest BCUT2D eigenvalue weighted by atomic mass is 16.6. The standard InChI is InChI=1S/C40H27NO2/c1-40(2)32-16-8-7-13-28(32)31-22-36-37(23-33(31)40)42-35-17-9-15-30(39(35)43-36)27-12-5-6-14-29(27)34-21-20-25-19-18-24-10-3-4-11-26(24)38(25)41-34/h3-23H,1-2H3. The Morgan fingerprint density at radius 1 is 0.488 bits per heavy atom. The quantitative estimate of drug-likeness (QED) is 0.200. The minimum absolute atomic E-state index is 0.108. The summed E-state index contributed by atoms with van der Waals surface area (Å²) in [4.78, 5) is 5.21. The van der Waals surface area contributed by atoms with Crippen LogP contribution in [0.3, 0.4) is 0 Å². The highest BCUT2D eigenvalue weighted by Crippen LogP contribution is 2.56. The van der Waals surface area contributed by atoms with Gasteiger partial charge in [0, 0.05) is 27.3 Å². The lowest BCUT2D eigenvalue weighted by molar-refractivity contribution is 0.360. The lowest BCUT2D eigenvalue weighted by atomic mass is 9.82. The predicted molar refractivity (Wildman–Crippen MR) is 174 cm³/mol. The Morgan fingerprint density at radius 3 is 2.09 bits per heavy atom. The molecule has 0 N–H and O–H groups in total. The van der Waals surface area contributed by atoms with Crippen LogP contribution in [0.25, 0.3) is 55.2 Å². The molecule has 0 bridgehead atoms. The van der Waals surface area contributed by atoms with Crippen LogP contribution >= 0.6 is 0 Å². The van der Waals surface area contributed by atoms with Crippen LogP contribution in [-0.4, -0.2) is 4.98 Å². The molecule has 9 rings (SSSR count). The van der Waals surface area contributed by atoms with E-state index in [-0.39, 0.29) is 5.41 Å². The first-order valence-electron chi connectivity index (χ1n) is 14.7. The Balaban J connectivity index is 1.18. The Morgan fingerprint density at radius 2 is 1.19 bits per heavy atom. The second-order valence-corrected chi connectivity index (χ2v) is 12.0. The molecule has 7 aromatic rings. The van der Waals surface area contributed by atoms with Gasteiger partial charge < -0.3 is 9.47 Å². The zero-order chi connectivity index (χ0) is 28.7. The summed E-state index contributed by atoms with van der Waals surface area (Å²) in [5.74, 6) is 2.92. The molecule has 3 nitrogen and oxygen atoms in total. The van der Waals surface area contributed by atoms with Gasteiger partial charge in [0.1, 0.15) is 0 Å². The van der Waals surface area contributed by atoms with Gasteiger partial charge in [-0.2, -0.15) is 0 Å². The van der Waals surface area contributed by atoms with E-state index in [0.717, 1.165) is 55.9 Å². The molecule has 1 aliphatic carbocycles. The molecule has 1 aliphatic heterocycles. The van der Waals surface area contributed by atoms with Crippen LogP contribution < -0.4 is 9.47 Å². The number of ether oxygens (including phenoxy) is 2. The molecule has 0 saturated heterocycles. The van der Waals surface area contributed by atoms with Crippen molar-refractivity contribution in [1.29, 1.82) is 0 Å². The normalized spacial score (nSPS) is 13.9. The fraction of sp³-hybridized carbons (Fsp3) is 0.0750. The fourth-order valence-corrected chi connectivity index (χ4v) is 6.96. The first-order chi connectivity index (χ1) is 21.1. The summed E-state index contributed by atoms with van der Waals surface area (Å²) in [7, 11) is 0. The van der Waals surface area contributed by atoms with E-state index in [1.165, 1.54) is 27.6 Å². The lowest BCUT2D eigenvalue weighted by Crippen LogP contribution is -2.15. The molecule has 0 atom stereocenters. The van der Waals surface area contributed by atoms with E-state index >= 15 is 0 Å². The zero-order valence-corrected chi connectivity index (χ0v) is 23.9. The van der Waals surface area contributed by atoms with Crippen molar-refractivity contribution in [3.63, 3.8) is 0 Å². The summed E-state index contributed by atoms with van der Waals surface area (Å²) in [6, 6.07) is 44.5. The SMILES string of the molecule is CC1(C)c2ccccc2-c2cc3c(cc21)Oc1cccc(-c2ccccc2-c2ccc4ccc5ccccc5c4n2)c1O3. The number of hydrogen-bond acceptors (Lipinski definition) is 3. The van der Waals surface area contributed by atoms with Crippen molar-refractivity contribution in [1.82, 2.24) is 4.98 Å². The van der Waals surface area contributed by atoms with Gasteiger partial charge in [0.2, 0.25) is 0 Å². The second kappa shape index (κ2) is 8.80. The van der Waals surface area contributed by atoms with E-state index in [1.807, 2.05) is 12.1 Å². The zero-order valence-electron chi connectivity index (χ0n) is 23.9. The van der Waals surface area contributed by atoms with E-state index < -0.39 is 0 Å². The monoisotopic (exact) mass is 553 g/mol. The summed E-state index contributed by atoms with van der Waals surface area (Å²) in [5, 5.41) is 3.47. The Kier molecular flexibility index (Phi) is 4.95. The van der Waals surface area contributed by atoms with Crippen LogP contribution in [-0.2, 0) is 5.41 Å². The smallest absolute Gasteiger partial charge is 0.177 e. The van der Waals surface area contributed by atoms with E-state index in [1.54, 1.807) is 0 Å². The van der Waals surface area contributed by atoms with Gasteiger partial charge in [-0.1, -0.05) is 117 Å². The summed E-state index contributed by atoms with van der Waals surface area (Å²) < 4.78 is 13.3. The van der Waals surface area contributed by atoms with Crippen molar-refractivity contribution in [3.05, 3.63) is 139 Å². The van der Waals surface area contributed by atoms with Crippen molar-refractivity contribution in [3.8, 4) is 56.5 Å². The molecule has 0 spiro atoms. The molecule has 2 aliphatic rings. The molecule has 1 aromatic heterocycles. The van der Waals surface area contributed by atoms with Gasteiger partial charge >= 0.3 is 0 Å². The summed E-state index contributed by atoms with van der Waals surface area (Å²) in [6.07, 6.45) is 0. The lowest BCUT2D eigenvalue weighted by Gasteiger charge is -2.26. The highest BCUT2D eigenvalue weighted by molar-refractivity contribution is 6.06. The van der Waals surface area contributed by atoms with Gasteiger partial charge in [-0.15, -0.1) is 0 Å². The molecule has 0 fully saturated rings. The molecular weight excluding hydrogens is 526 g/mol. The number of para-hydroxylation sites is 1. The third-order valence-electron chi connectivity index (χ3n) is 9.14. The van der Waals surface area contributed by atoms with Gasteiger partial charge in [-0.3, -0.25) is 0 Å². The van der Waals surface area contributed by atoms with Crippen LogP contribution in [0.2, 0.25) is 0 Å². The number of fused-ring (bicyclic) bond motifs is 8. The van der Waals surface area contributed by atoms with E-state index in [0.29, 0.717) is 5.75 Å². The number of aromatic nitrogens is 1. The maximum Gasteiger partial charge on any atom is 0.177 e. The molecule has 0 amide bonds. The van der Waals surface area contributed by atoms with E-state index in [4.69, 9.17) is 14.5 Å². The Labute approximate surface area is 250 Å². The van der Waals surface area contributed by atoms with Crippen LogP contribution in [0.4, 0.5) is 0 Å². The van der Waals surface area contributed by atoms with Gasteiger partial charge in [0.15, 0.2) is 23.0 Å². The van der Waals surface area contributed by atoms with Crippen LogP contribution in [0, 0.1) is 0 Å². The minimum Gasteiger partial charge on any atom is -0.449 e. The van der Waals surface area contributed by atoms with Gasteiger partial charge in [0.25, 0.3) is 0 Å². The van der Waals surface area contributed by atoms with Gasteiger partial charge in [-0.05, 0) is 57.5 Å². The van der Waals surface area contributed by atoms with Crippen molar-refractivity contribution in [2.45, 2.75) is 19.3 Å². The first-order valence-corrected chi connectivity index (χ1v) is 14.7. The third-order valence-corrected chi connectivity index (χ3v) is 9.14. The van der Waals surface area contributed by atoms with Crippen LogP contribution in [0.15, 0.2) is 127 Å². The van der Waals surface area contributed by atoms with Gasteiger partial charge in [-0.25, -0.2) is 4.98 Å². The second-order valence-electron chi connectivity index (χ2n) is 12.0. The minimum atomic E-state index is -0.108. The van der Waals surface area contributed by atoms with Crippen molar-refractivity contribution < 1.29 is 9.47 Å². The number of rotatable bonds is 2. The van der Waals surface area contributed by atoms with Crippen molar-refractivity contribution in [2.24, 2.45) is 0 Å². The Hall–Kier alpha value is -5.41. The summed E-state index contributed by atoms with van der Waals surface area (Å²) in [5.41, 5.74) is 9.94. The molecule has 2 heterocycles. The molecule has 0 unspecified atom stereocenters. The molecule has 43 heavy (non-hydrogen) atoms. The number of benzene rings is 6. The first kappa shape index (κ1) is 24.2. The molecule has 6 aromatic carbocycles. The third kappa shape index (κ3) is 3.52. The molecule has 0 radical (unpaired) electrons. The number of nitrogens with zero attached hydrogens (tertiary/aromatic N) is 1. The average molecular weight is 554 g/mol. The molecular formula is C40H27NO2. The topological polar surface area (TPSA) is 31.4 Å². The average Bonchev–Trinajstić information content (AvgIpc) is 3.27. The summed E-state index contributed by atoms with van der Waals surface area (Å²) >= 11 is 0. The molecule has 3 heteroatoms. The maximum atomic E-state index is 6.74. The fourth-order valence-electron chi connectivity index (χ4n) is 6.96. The van der Waals surface area contributed by atoms with Crippen LogP contribution in [0.5, 0.6) is 23.0 Å². The number of pyridine rings is 1. The number of hydrogen-bond donors (Lipinski definition) is 0. The maximum absolute atomic E-state index is 6.74. The van der Waals surface area contributed by atoms with Gasteiger partial charge in [0.05, 0.1) is 11.2 Å². The van der Waals surface area contributed by atoms with Crippen molar-refractivity contribution in [2.75, 3.05) is 0 Å². The highest BCUT2D eigenvalue weighted by Gasteiger charge is 2.37. The predicted octanol–water partition coefficient (Wildman–Crippen LogP) is 10.9. The molecule has 0 saturated carbocycles. The largest absolute Gasteiger partial charge is 0.449 e. The summed E-state index contributed by atoms with van der Waals surface area (Å²) in [6.45, 7) is 4.56. The van der Waals surface area contributed by atoms with Crippen LogP contribution in [0.1, 0.15) is 25.0 Å². The molecule has 204 valence electrons. The Bertz CT molecular complexity index is 2280. The van der Waals surface area contributed by atoms with E-state index in [9.17, 15) is 0 Å². The van der Waals surface area contributed by atoms with Crippen molar-refractivity contribution >= 4 is 21.7 Å². The van der Waals surface area contributed by atoms with E-state index in [2.05, 4.69) is 129 Å².